The van der Waals surface area contributed by atoms with Gasteiger partial charge in [0.15, 0.2) is 0 Å². The predicted octanol–water partition coefficient (Wildman–Crippen LogP) is 2.29. The van der Waals surface area contributed by atoms with Crippen LogP contribution in [0.25, 0.3) is 0 Å². The summed E-state index contributed by atoms with van der Waals surface area (Å²) in [5.74, 6) is 0.323. The van der Waals surface area contributed by atoms with E-state index in [9.17, 15) is 5.11 Å². The van der Waals surface area contributed by atoms with Crippen molar-refractivity contribution in [2.24, 2.45) is 0 Å². The van der Waals surface area contributed by atoms with Crippen LogP contribution in [0.15, 0.2) is 24.3 Å². The molecule has 0 spiro atoms. The molecule has 2 rings (SSSR count). The van der Waals surface area contributed by atoms with Crippen molar-refractivity contribution >= 4 is 5.69 Å². The Balaban J connectivity index is 2.16. The minimum atomic E-state index is -0.160. The Labute approximate surface area is 84.7 Å². The van der Waals surface area contributed by atoms with Gasteiger partial charge in [0.25, 0.3) is 0 Å². The van der Waals surface area contributed by atoms with Gasteiger partial charge in [0.05, 0.1) is 6.10 Å². The number of benzene rings is 1. The molecule has 3 N–H and O–H groups in total. The predicted molar refractivity (Wildman–Crippen MR) is 58.1 cm³/mol. The van der Waals surface area contributed by atoms with E-state index in [1.54, 1.807) is 0 Å². The van der Waals surface area contributed by atoms with Crippen LogP contribution in [0.3, 0.4) is 0 Å². The van der Waals surface area contributed by atoms with Crippen LogP contribution in [0.1, 0.15) is 37.2 Å². The number of nitrogens with two attached hydrogens (primary N) is 1. The fraction of sp³-hybridized carbons (Fsp3) is 0.500. The molecule has 2 nitrogen and oxygen atoms in total. The van der Waals surface area contributed by atoms with Crippen molar-refractivity contribution in [3.05, 3.63) is 29.8 Å². The maximum Gasteiger partial charge on any atom is 0.0608 e. The fourth-order valence-electron chi connectivity index (χ4n) is 2.24. The second-order valence-corrected chi connectivity index (χ2v) is 4.12. The summed E-state index contributed by atoms with van der Waals surface area (Å²) < 4.78 is 0. The van der Waals surface area contributed by atoms with Crippen LogP contribution >= 0.6 is 0 Å². The molecule has 0 radical (unpaired) electrons. The molecule has 14 heavy (non-hydrogen) atoms. The lowest BCUT2D eigenvalue weighted by atomic mass is 9.82. The first-order chi connectivity index (χ1) is 6.77. The quantitative estimate of drug-likeness (QED) is 0.669. The fourth-order valence-corrected chi connectivity index (χ4v) is 2.24. The van der Waals surface area contributed by atoms with Crippen LogP contribution in [0.5, 0.6) is 0 Å². The number of nitrogen functional groups attached to an aromatic ring is 1. The van der Waals surface area contributed by atoms with Gasteiger partial charge >= 0.3 is 0 Å². The van der Waals surface area contributed by atoms with Crippen molar-refractivity contribution in [3.63, 3.8) is 0 Å². The lowest BCUT2D eigenvalue weighted by Gasteiger charge is -2.27. The summed E-state index contributed by atoms with van der Waals surface area (Å²) in [6, 6.07) is 7.90. The first kappa shape index (κ1) is 9.53. The first-order valence-electron chi connectivity index (χ1n) is 5.31. The second kappa shape index (κ2) is 4.01. The first-order valence-corrected chi connectivity index (χ1v) is 5.31. The summed E-state index contributed by atoms with van der Waals surface area (Å²) in [6.45, 7) is 0. The summed E-state index contributed by atoms with van der Waals surface area (Å²) in [4.78, 5) is 0. The van der Waals surface area contributed by atoms with Crippen LogP contribution in [0.2, 0.25) is 0 Å². The minimum absolute atomic E-state index is 0.160. The second-order valence-electron chi connectivity index (χ2n) is 4.12. The van der Waals surface area contributed by atoms with Gasteiger partial charge < -0.3 is 10.8 Å². The number of hydrogen-bond acceptors (Lipinski definition) is 2. The van der Waals surface area contributed by atoms with Crippen LogP contribution in [-0.2, 0) is 0 Å². The molecule has 2 heteroatoms. The third-order valence-corrected chi connectivity index (χ3v) is 3.09. The van der Waals surface area contributed by atoms with Crippen molar-refractivity contribution in [3.8, 4) is 0 Å². The smallest absolute Gasteiger partial charge is 0.0608 e. The van der Waals surface area contributed by atoms with E-state index in [1.807, 2.05) is 24.3 Å². The Morgan fingerprint density at radius 3 is 2.36 bits per heavy atom. The standard InChI is InChI=1S/C12H17NO/c13-10-7-5-9(6-8-10)11-3-1-2-4-12(11)14/h5-8,11-12,14H,1-4,13H2. The van der Waals surface area contributed by atoms with Crippen LogP contribution in [-0.4, -0.2) is 11.2 Å². The molecule has 0 aromatic heterocycles. The van der Waals surface area contributed by atoms with Gasteiger partial charge in [-0.2, -0.15) is 0 Å². The summed E-state index contributed by atoms with van der Waals surface area (Å²) in [6.07, 6.45) is 4.27. The summed E-state index contributed by atoms with van der Waals surface area (Å²) in [5.41, 5.74) is 7.65. The molecule has 1 aliphatic carbocycles. The van der Waals surface area contributed by atoms with Crippen LogP contribution < -0.4 is 5.73 Å². The monoisotopic (exact) mass is 191 g/mol. The largest absolute Gasteiger partial charge is 0.399 e. The lowest BCUT2D eigenvalue weighted by Crippen LogP contribution is -2.22. The van der Waals surface area contributed by atoms with E-state index in [1.165, 1.54) is 12.0 Å². The molecular formula is C12H17NO. The van der Waals surface area contributed by atoms with Gasteiger partial charge in [0.2, 0.25) is 0 Å². The SMILES string of the molecule is Nc1ccc(C2CCCCC2O)cc1. The third kappa shape index (κ3) is 1.90. The van der Waals surface area contributed by atoms with Crippen molar-refractivity contribution < 1.29 is 5.11 Å². The molecule has 1 fully saturated rings. The van der Waals surface area contributed by atoms with Gasteiger partial charge in [0.1, 0.15) is 0 Å². The molecule has 0 saturated heterocycles. The highest BCUT2D eigenvalue weighted by Gasteiger charge is 2.24. The average Bonchev–Trinajstić information content (AvgIpc) is 2.20. The van der Waals surface area contributed by atoms with Crippen molar-refractivity contribution in [2.45, 2.75) is 37.7 Å². The highest BCUT2D eigenvalue weighted by atomic mass is 16.3. The molecule has 76 valence electrons. The van der Waals surface area contributed by atoms with E-state index < -0.39 is 0 Å². The molecule has 0 aliphatic heterocycles. The maximum atomic E-state index is 9.86. The highest BCUT2D eigenvalue weighted by Crippen LogP contribution is 2.33. The topological polar surface area (TPSA) is 46.2 Å². The minimum Gasteiger partial charge on any atom is -0.399 e. The zero-order valence-corrected chi connectivity index (χ0v) is 8.32. The number of rotatable bonds is 1. The van der Waals surface area contributed by atoms with Gasteiger partial charge in [-0.05, 0) is 30.5 Å². The lowest BCUT2D eigenvalue weighted by molar-refractivity contribution is 0.106. The summed E-state index contributed by atoms with van der Waals surface area (Å²) >= 11 is 0. The third-order valence-electron chi connectivity index (χ3n) is 3.09. The van der Waals surface area contributed by atoms with Crippen LogP contribution in [0, 0.1) is 0 Å². The normalized spacial score (nSPS) is 27.5. The van der Waals surface area contributed by atoms with Gasteiger partial charge in [-0.15, -0.1) is 0 Å². The van der Waals surface area contributed by atoms with Crippen molar-refractivity contribution in [1.29, 1.82) is 0 Å². The maximum absolute atomic E-state index is 9.86. The Morgan fingerprint density at radius 1 is 1.07 bits per heavy atom. The average molecular weight is 191 g/mol. The molecular weight excluding hydrogens is 174 g/mol. The molecule has 0 amide bonds. The van der Waals surface area contributed by atoms with E-state index >= 15 is 0 Å². The molecule has 2 atom stereocenters. The Bertz CT molecular complexity index is 294. The molecule has 0 bridgehead atoms. The van der Waals surface area contributed by atoms with E-state index in [2.05, 4.69) is 0 Å². The van der Waals surface area contributed by atoms with E-state index in [0.717, 1.165) is 24.9 Å². The van der Waals surface area contributed by atoms with Crippen LogP contribution in [0.4, 0.5) is 5.69 Å². The van der Waals surface area contributed by atoms with Crippen molar-refractivity contribution in [2.75, 3.05) is 5.73 Å². The molecule has 2 unspecified atom stereocenters. The zero-order chi connectivity index (χ0) is 9.97. The van der Waals surface area contributed by atoms with Gasteiger partial charge in [0, 0.05) is 11.6 Å². The van der Waals surface area contributed by atoms with Crippen molar-refractivity contribution in [1.82, 2.24) is 0 Å². The molecule has 1 saturated carbocycles. The zero-order valence-electron chi connectivity index (χ0n) is 8.32. The number of hydrogen-bond donors (Lipinski definition) is 2. The summed E-state index contributed by atoms with van der Waals surface area (Å²) in [7, 11) is 0. The molecule has 0 heterocycles. The van der Waals surface area contributed by atoms with Gasteiger partial charge in [-0.25, -0.2) is 0 Å². The summed E-state index contributed by atoms with van der Waals surface area (Å²) in [5, 5.41) is 9.86. The van der Waals surface area contributed by atoms with Gasteiger partial charge in [-0.1, -0.05) is 25.0 Å². The van der Waals surface area contributed by atoms with E-state index in [4.69, 9.17) is 5.73 Å². The Morgan fingerprint density at radius 2 is 1.71 bits per heavy atom. The molecule has 1 aromatic carbocycles. The number of aliphatic hydroxyl groups is 1. The molecule has 1 aromatic rings. The Kier molecular flexibility index (Phi) is 2.73. The number of anilines is 1. The number of aliphatic hydroxyl groups excluding tert-OH is 1. The highest BCUT2D eigenvalue weighted by molar-refractivity contribution is 5.40. The van der Waals surface area contributed by atoms with E-state index in [0.29, 0.717) is 5.92 Å². The molecule has 1 aliphatic rings. The van der Waals surface area contributed by atoms with Gasteiger partial charge in [-0.3, -0.25) is 0 Å². The Hall–Kier alpha value is -1.02. The van der Waals surface area contributed by atoms with E-state index in [-0.39, 0.29) is 6.10 Å².